The first-order valence-corrected chi connectivity index (χ1v) is 7.59. The van der Waals surface area contributed by atoms with E-state index in [1.807, 2.05) is 16.8 Å². The fraction of sp³-hybridized carbons (Fsp3) is 0.643. The van der Waals surface area contributed by atoms with E-state index in [1.165, 1.54) is 0 Å². The number of halogens is 1. The van der Waals surface area contributed by atoms with Crippen LogP contribution >= 0.6 is 15.9 Å². The zero-order valence-corrected chi connectivity index (χ0v) is 13.4. The predicted molar refractivity (Wildman–Crippen MR) is 79.9 cm³/mol. The topological polar surface area (TPSA) is 63.5 Å². The SMILES string of the molecule is COCCC(C)(O)CNC(=O)c1cc(Br)cn1C1CC1. The van der Waals surface area contributed by atoms with Crippen LogP contribution in [0.15, 0.2) is 16.7 Å². The van der Waals surface area contributed by atoms with E-state index in [0.717, 1.165) is 17.3 Å². The Morgan fingerprint density at radius 1 is 1.65 bits per heavy atom. The van der Waals surface area contributed by atoms with Gasteiger partial charge in [-0.15, -0.1) is 0 Å². The summed E-state index contributed by atoms with van der Waals surface area (Å²) in [5, 5.41) is 12.9. The highest BCUT2D eigenvalue weighted by molar-refractivity contribution is 9.10. The summed E-state index contributed by atoms with van der Waals surface area (Å²) in [7, 11) is 1.59. The third-order valence-electron chi connectivity index (χ3n) is 3.46. The highest BCUT2D eigenvalue weighted by Crippen LogP contribution is 2.37. The molecule has 1 aromatic rings. The van der Waals surface area contributed by atoms with Crippen molar-refractivity contribution in [2.24, 2.45) is 0 Å². The molecule has 1 fully saturated rings. The molecule has 0 bridgehead atoms. The van der Waals surface area contributed by atoms with E-state index >= 15 is 0 Å². The van der Waals surface area contributed by atoms with Crippen molar-refractivity contribution in [3.05, 3.63) is 22.4 Å². The lowest BCUT2D eigenvalue weighted by atomic mass is 10.0. The number of amides is 1. The lowest BCUT2D eigenvalue weighted by Gasteiger charge is -2.23. The number of methoxy groups -OCH3 is 1. The number of nitrogens with zero attached hydrogens (tertiary/aromatic N) is 1. The normalized spacial score (nSPS) is 17.8. The molecule has 1 atom stereocenters. The van der Waals surface area contributed by atoms with E-state index in [9.17, 15) is 9.90 Å². The number of nitrogens with one attached hydrogen (secondary N) is 1. The molecule has 1 saturated carbocycles. The zero-order valence-electron chi connectivity index (χ0n) is 11.9. The van der Waals surface area contributed by atoms with Crippen LogP contribution in [0.3, 0.4) is 0 Å². The first-order valence-electron chi connectivity index (χ1n) is 6.80. The van der Waals surface area contributed by atoms with Gasteiger partial charge in [-0.1, -0.05) is 0 Å². The van der Waals surface area contributed by atoms with Gasteiger partial charge in [-0.05, 0) is 41.8 Å². The number of rotatable bonds is 7. The van der Waals surface area contributed by atoms with Gasteiger partial charge in [0.05, 0.1) is 5.60 Å². The molecule has 2 rings (SSSR count). The van der Waals surface area contributed by atoms with Crippen molar-refractivity contribution in [1.29, 1.82) is 0 Å². The third-order valence-corrected chi connectivity index (χ3v) is 3.90. The molecule has 1 aromatic heterocycles. The van der Waals surface area contributed by atoms with E-state index in [0.29, 0.717) is 24.8 Å². The summed E-state index contributed by atoms with van der Waals surface area (Å²) < 4.78 is 7.85. The molecular weight excluding hydrogens is 324 g/mol. The van der Waals surface area contributed by atoms with Gasteiger partial charge in [0.1, 0.15) is 5.69 Å². The average Bonchev–Trinajstić information content (AvgIpc) is 3.17. The lowest BCUT2D eigenvalue weighted by molar-refractivity contribution is 0.0242. The molecule has 6 heteroatoms. The summed E-state index contributed by atoms with van der Waals surface area (Å²) >= 11 is 3.41. The van der Waals surface area contributed by atoms with Gasteiger partial charge in [-0.25, -0.2) is 0 Å². The second kappa shape index (κ2) is 6.28. The maximum atomic E-state index is 12.2. The molecule has 20 heavy (non-hydrogen) atoms. The molecule has 0 aliphatic heterocycles. The standard InChI is InChI=1S/C14H21BrN2O3/c1-14(19,5-6-20-2)9-16-13(18)12-7-10(15)8-17(12)11-3-4-11/h7-8,11,19H,3-6,9H2,1-2H3,(H,16,18). The fourth-order valence-corrected chi connectivity index (χ4v) is 2.49. The van der Waals surface area contributed by atoms with Crippen LogP contribution in [-0.2, 0) is 4.74 Å². The fourth-order valence-electron chi connectivity index (χ4n) is 2.05. The summed E-state index contributed by atoms with van der Waals surface area (Å²) in [6.45, 7) is 2.37. The summed E-state index contributed by atoms with van der Waals surface area (Å²) in [6.07, 6.45) is 4.66. The van der Waals surface area contributed by atoms with Gasteiger partial charge in [0, 0.05) is 43.4 Å². The molecule has 2 N–H and O–H groups in total. The van der Waals surface area contributed by atoms with E-state index in [2.05, 4.69) is 21.2 Å². The number of carbonyl (C=O) groups excluding carboxylic acids is 1. The highest BCUT2D eigenvalue weighted by atomic mass is 79.9. The van der Waals surface area contributed by atoms with E-state index in [1.54, 1.807) is 14.0 Å². The Morgan fingerprint density at radius 2 is 2.35 bits per heavy atom. The van der Waals surface area contributed by atoms with Crippen molar-refractivity contribution in [1.82, 2.24) is 9.88 Å². The number of carbonyl (C=O) groups is 1. The zero-order chi connectivity index (χ0) is 14.8. The van der Waals surface area contributed by atoms with Crippen molar-refractivity contribution < 1.29 is 14.6 Å². The minimum absolute atomic E-state index is 0.153. The first kappa shape index (κ1) is 15.5. The molecule has 0 aromatic carbocycles. The van der Waals surface area contributed by atoms with Crippen LogP contribution in [0, 0.1) is 0 Å². The Bertz CT molecular complexity index is 481. The molecule has 1 aliphatic carbocycles. The van der Waals surface area contributed by atoms with E-state index in [4.69, 9.17) is 4.74 Å². The van der Waals surface area contributed by atoms with Crippen LogP contribution in [0.5, 0.6) is 0 Å². The Balaban J connectivity index is 1.95. The summed E-state index contributed by atoms with van der Waals surface area (Å²) in [4.78, 5) is 12.2. The van der Waals surface area contributed by atoms with E-state index < -0.39 is 5.60 Å². The molecule has 1 amide bonds. The number of aliphatic hydroxyl groups is 1. The summed E-state index contributed by atoms with van der Waals surface area (Å²) in [5.74, 6) is -0.153. The minimum atomic E-state index is -0.958. The van der Waals surface area contributed by atoms with Crippen LogP contribution in [0.25, 0.3) is 0 Å². The van der Waals surface area contributed by atoms with Crippen molar-refractivity contribution >= 4 is 21.8 Å². The minimum Gasteiger partial charge on any atom is -0.388 e. The summed E-state index contributed by atoms with van der Waals surface area (Å²) in [6, 6.07) is 2.26. The van der Waals surface area contributed by atoms with Crippen molar-refractivity contribution in [2.45, 2.75) is 37.8 Å². The Labute approximate surface area is 127 Å². The molecule has 5 nitrogen and oxygen atoms in total. The Morgan fingerprint density at radius 3 is 2.95 bits per heavy atom. The monoisotopic (exact) mass is 344 g/mol. The average molecular weight is 345 g/mol. The number of aromatic nitrogens is 1. The molecule has 112 valence electrons. The van der Waals surface area contributed by atoms with Crippen molar-refractivity contribution in [3.8, 4) is 0 Å². The molecule has 1 unspecified atom stereocenters. The van der Waals surface area contributed by atoms with Crippen LogP contribution < -0.4 is 5.32 Å². The maximum Gasteiger partial charge on any atom is 0.268 e. The van der Waals surface area contributed by atoms with Gasteiger partial charge in [0.2, 0.25) is 0 Å². The van der Waals surface area contributed by atoms with Crippen LogP contribution in [-0.4, -0.2) is 41.4 Å². The molecule has 0 spiro atoms. The summed E-state index contributed by atoms with van der Waals surface area (Å²) in [5.41, 5.74) is -0.318. The maximum absolute atomic E-state index is 12.2. The molecular formula is C14H21BrN2O3. The van der Waals surface area contributed by atoms with Crippen LogP contribution in [0.1, 0.15) is 42.7 Å². The second-order valence-electron chi connectivity index (χ2n) is 5.60. The number of hydrogen-bond acceptors (Lipinski definition) is 3. The Kier molecular flexibility index (Phi) is 4.88. The molecule has 1 aliphatic rings. The van der Waals surface area contributed by atoms with Gasteiger partial charge in [0.15, 0.2) is 0 Å². The Hall–Kier alpha value is -0.850. The highest BCUT2D eigenvalue weighted by Gasteiger charge is 2.28. The van der Waals surface area contributed by atoms with Gasteiger partial charge in [-0.2, -0.15) is 0 Å². The molecule has 0 saturated heterocycles. The first-order chi connectivity index (χ1) is 9.43. The van der Waals surface area contributed by atoms with Crippen LogP contribution in [0.2, 0.25) is 0 Å². The van der Waals surface area contributed by atoms with Crippen LogP contribution in [0.4, 0.5) is 0 Å². The number of ether oxygens (including phenoxy) is 1. The van der Waals surface area contributed by atoms with Gasteiger partial charge in [-0.3, -0.25) is 4.79 Å². The smallest absolute Gasteiger partial charge is 0.268 e. The molecule has 1 heterocycles. The van der Waals surface area contributed by atoms with Gasteiger partial charge >= 0.3 is 0 Å². The number of hydrogen-bond donors (Lipinski definition) is 2. The lowest BCUT2D eigenvalue weighted by Crippen LogP contribution is -2.41. The second-order valence-corrected chi connectivity index (χ2v) is 6.52. The molecule has 0 radical (unpaired) electrons. The van der Waals surface area contributed by atoms with E-state index in [-0.39, 0.29) is 12.5 Å². The predicted octanol–water partition coefficient (Wildman–Crippen LogP) is 2.10. The van der Waals surface area contributed by atoms with Gasteiger partial charge < -0.3 is 19.7 Å². The largest absolute Gasteiger partial charge is 0.388 e. The quantitative estimate of drug-likeness (QED) is 0.796. The van der Waals surface area contributed by atoms with Crippen molar-refractivity contribution in [2.75, 3.05) is 20.3 Å². The third kappa shape index (κ3) is 4.07. The van der Waals surface area contributed by atoms with Crippen molar-refractivity contribution in [3.63, 3.8) is 0 Å². The van der Waals surface area contributed by atoms with Gasteiger partial charge in [0.25, 0.3) is 5.91 Å².